The molecule has 0 atom stereocenters. The predicted octanol–water partition coefficient (Wildman–Crippen LogP) is 3.74. The Hall–Kier alpha value is -2.40. The Balaban J connectivity index is 2.27. The van der Waals surface area contributed by atoms with Gasteiger partial charge in [-0.05, 0) is 48.9 Å². The van der Waals surface area contributed by atoms with Crippen LogP contribution in [0.25, 0.3) is 0 Å². The summed E-state index contributed by atoms with van der Waals surface area (Å²) in [5.74, 6) is -2.02. The van der Waals surface area contributed by atoms with E-state index in [0.717, 1.165) is 0 Å². The van der Waals surface area contributed by atoms with Crippen LogP contribution in [0.1, 0.15) is 26.3 Å². The van der Waals surface area contributed by atoms with E-state index in [1.807, 2.05) is 0 Å². The largest absolute Gasteiger partial charge is 0.478 e. The van der Waals surface area contributed by atoms with Crippen LogP contribution in [0, 0.1) is 12.7 Å². The van der Waals surface area contributed by atoms with Gasteiger partial charge in [-0.3, -0.25) is 4.79 Å². The first-order chi connectivity index (χ1) is 9.86. The topological polar surface area (TPSA) is 66.4 Å². The molecule has 108 valence electrons. The summed E-state index contributed by atoms with van der Waals surface area (Å²) in [4.78, 5) is 23.0. The van der Waals surface area contributed by atoms with Gasteiger partial charge in [0, 0.05) is 16.3 Å². The normalized spacial score (nSPS) is 10.2. The third-order valence-electron chi connectivity index (χ3n) is 2.82. The fourth-order valence-corrected chi connectivity index (χ4v) is 2.01. The number of aromatic carboxylic acids is 1. The van der Waals surface area contributed by atoms with Crippen LogP contribution >= 0.6 is 11.6 Å². The summed E-state index contributed by atoms with van der Waals surface area (Å²) < 4.78 is 13.2. The number of benzene rings is 2. The van der Waals surface area contributed by atoms with Crippen molar-refractivity contribution >= 4 is 29.2 Å². The highest BCUT2D eigenvalue weighted by atomic mass is 35.5. The molecular formula is C15H11ClFNO3. The standard InChI is InChI=1S/C15H11ClFNO3/c1-8-4-9(2-3-13(8)17)14(19)18-12-6-10(15(20)21)5-11(16)7-12/h2-7H,1H3,(H,18,19)(H,20,21). The molecule has 2 rings (SSSR count). The summed E-state index contributed by atoms with van der Waals surface area (Å²) in [7, 11) is 0. The lowest BCUT2D eigenvalue weighted by Gasteiger charge is -2.08. The second-order valence-corrected chi connectivity index (χ2v) is 4.89. The minimum absolute atomic E-state index is 0.0342. The quantitative estimate of drug-likeness (QED) is 0.907. The van der Waals surface area contributed by atoms with Gasteiger partial charge in [0.15, 0.2) is 0 Å². The first-order valence-electron chi connectivity index (χ1n) is 5.98. The number of rotatable bonds is 3. The molecule has 0 saturated heterocycles. The molecule has 6 heteroatoms. The highest BCUT2D eigenvalue weighted by Gasteiger charge is 2.11. The number of carbonyl (C=O) groups is 2. The monoisotopic (exact) mass is 307 g/mol. The van der Waals surface area contributed by atoms with E-state index in [2.05, 4.69) is 5.32 Å². The van der Waals surface area contributed by atoms with E-state index in [-0.39, 0.29) is 21.8 Å². The number of nitrogens with one attached hydrogen (secondary N) is 1. The summed E-state index contributed by atoms with van der Waals surface area (Å²) in [5, 5.41) is 11.7. The molecule has 0 heterocycles. The molecule has 1 amide bonds. The lowest BCUT2D eigenvalue weighted by Crippen LogP contribution is -2.13. The van der Waals surface area contributed by atoms with Gasteiger partial charge in [-0.2, -0.15) is 0 Å². The van der Waals surface area contributed by atoms with Crippen molar-refractivity contribution in [3.05, 3.63) is 63.9 Å². The van der Waals surface area contributed by atoms with Crippen molar-refractivity contribution < 1.29 is 19.1 Å². The van der Waals surface area contributed by atoms with Crippen LogP contribution in [0.5, 0.6) is 0 Å². The summed E-state index contributed by atoms with van der Waals surface area (Å²) >= 11 is 5.81. The van der Waals surface area contributed by atoms with Gasteiger partial charge in [0.05, 0.1) is 5.56 Å². The van der Waals surface area contributed by atoms with Gasteiger partial charge in [-0.25, -0.2) is 9.18 Å². The average Bonchev–Trinajstić information content (AvgIpc) is 2.41. The Morgan fingerprint density at radius 2 is 1.86 bits per heavy atom. The maximum atomic E-state index is 13.2. The number of halogens is 2. The van der Waals surface area contributed by atoms with Crippen molar-refractivity contribution in [2.75, 3.05) is 5.32 Å². The van der Waals surface area contributed by atoms with E-state index in [1.165, 1.54) is 36.4 Å². The number of hydrogen-bond donors (Lipinski definition) is 2. The second kappa shape index (κ2) is 5.93. The van der Waals surface area contributed by atoms with Crippen LogP contribution in [-0.2, 0) is 0 Å². The van der Waals surface area contributed by atoms with Crippen LogP contribution in [0.4, 0.5) is 10.1 Å². The van der Waals surface area contributed by atoms with E-state index in [0.29, 0.717) is 5.56 Å². The van der Waals surface area contributed by atoms with Gasteiger partial charge in [0.25, 0.3) is 5.91 Å². The van der Waals surface area contributed by atoms with Gasteiger partial charge in [-0.1, -0.05) is 11.6 Å². The van der Waals surface area contributed by atoms with Gasteiger partial charge in [-0.15, -0.1) is 0 Å². The van der Waals surface area contributed by atoms with E-state index in [1.54, 1.807) is 6.92 Å². The molecule has 0 spiro atoms. The number of amides is 1. The fourth-order valence-electron chi connectivity index (χ4n) is 1.77. The average molecular weight is 308 g/mol. The molecule has 2 aromatic rings. The molecule has 0 aromatic heterocycles. The van der Waals surface area contributed by atoms with E-state index in [9.17, 15) is 14.0 Å². The number of carboxylic acids is 1. The zero-order valence-electron chi connectivity index (χ0n) is 11.0. The van der Waals surface area contributed by atoms with E-state index < -0.39 is 17.7 Å². The second-order valence-electron chi connectivity index (χ2n) is 4.45. The molecule has 0 aliphatic rings. The molecule has 0 radical (unpaired) electrons. The van der Waals surface area contributed by atoms with Crippen molar-refractivity contribution in [2.45, 2.75) is 6.92 Å². The Morgan fingerprint density at radius 3 is 2.48 bits per heavy atom. The van der Waals surface area contributed by atoms with E-state index >= 15 is 0 Å². The van der Waals surface area contributed by atoms with Crippen molar-refractivity contribution in [1.82, 2.24) is 0 Å². The molecule has 0 aliphatic heterocycles. The number of hydrogen-bond acceptors (Lipinski definition) is 2. The third kappa shape index (κ3) is 3.58. The molecule has 21 heavy (non-hydrogen) atoms. The summed E-state index contributed by atoms with van der Waals surface area (Å²) in [6.45, 7) is 1.55. The molecule has 0 saturated carbocycles. The van der Waals surface area contributed by atoms with Gasteiger partial charge >= 0.3 is 5.97 Å². The first-order valence-corrected chi connectivity index (χ1v) is 6.36. The van der Waals surface area contributed by atoms with Crippen LogP contribution in [0.15, 0.2) is 36.4 Å². The van der Waals surface area contributed by atoms with Crippen LogP contribution in [-0.4, -0.2) is 17.0 Å². The van der Waals surface area contributed by atoms with Crippen LogP contribution in [0.2, 0.25) is 5.02 Å². The highest BCUT2D eigenvalue weighted by molar-refractivity contribution is 6.31. The molecule has 0 fully saturated rings. The maximum absolute atomic E-state index is 13.2. The van der Waals surface area contributed by atoms with Gasteiger partial charge in [0.2, 0.25) is 0 Å². The summed E-state index contributed by atoms with van der Waals surface area (Å²) in [5.41, 5.74) is 0.839. The number of anilines is 1. The summed E-state index contributed by atoms with van der Waals surface area (Å²) in [6, 6.07) is 7.96. The SMILES string of the molecule is Cc1cc(C(=O)Nc2cc(Cl)cc(C(=O)O)c2)ccc1F. The van der Waals surface area contributed by atoms with E-state index in [4.69, 9.17) is 16.7 Å². The fraction of sp³-hybridized carbons (Fsp3) is 0.0667. The molecule has 0 unspecified atom stereocenters. The molecule has 0 bridgehead atoms. The Morgan fingerprint density at radius 1 is 1.14 bits per heavy atom. The van der Waals surface area contributed by atoms with Crippen molar-refractivity contribution in [3.63, 3.8) is 0 Å². The Labute approximate surface area is 125 Å². The number of aryl methyl sites for hydroxylation is 1. The molecule has 4 nitrogen and oxygen atoms in total. The number of carboxylic acid groups (broad SMARTS) is 1. The molecule has 0 aliphatic carbocycles. The minimum atomic E-state index is -1.15. The number of carbonyl (C=O) groups excluding carboxylic acids is 1. The maximum Gasteiger partial charge on any atom is 0.335 e. The van der Waals surface area contributed by atoms with Gasteiger partial charge < -0.3 is 10.4 Å². The van der Waals surface area contributed by atoms with Crippen LogP contribution in [0.3, 0.4) is 0 Å². The Kier molecular flexibility index (Phi) is 4.23. The molecule has 2 N–H and O–H groups in total. The zero-order chi connectivity index (χ0) is 15.6. The Bertz CT molecular complexity index is 731. The van der Waals surface area contributed by atoms with Crippen molar-refractivity contribution in [3.8, 4) is 0 Å². The molecule has 2 aromatic carbocycles. The third-order valence-corrected chi connectivity index (χ3v) is 3.04. The lowest BCUT2D eigenvalue weighted by atomic mass is 10.1. The summed E-state index contributed by atoms with van der Waals surface area (Å²) in [6.07, 6.45) is 0. The molecular weight excluding hydrogens is 297 g/mol. The zero-order valence-corrected chi connectivity index (χ0v) is 11.7. The lowest BCUT2D eigenvalue weighted by molar-refractivity contribution is 0.0696. The minimum Gasteiger partial charge on any atom is -0.478 e. The smallest absolute Gasteiger partial charge is 0.335 e. The van der Waals surface area contributed by atoms with Gasteiger partial charge in [0.1, 0.15) is 5.82 Å². The predicted molar refractivity (Wildman–Crippen MR) is 77.5 cm³/mol. The first kappa shape index (κ1) is 15.0. The van der Waals surface area contributed by atoms with Crippen molar-refractivity contribution in [1.29, 1.82) is 0 Å². The highest BCUT2D eigenvalue weighted by Crippen LogP contribution is 2.20. The van der Waals surface area contributed by atoms with Crippen LogP contribution < -0.4 is 5.32 Å². The van der Waals surface area contributed by atoms with Crippen molar-refractivity contribution in [2.24, 2.45) is 0 Å².